The van der Waals surface area contributed by atoms with Gasteiger partial charge in [0.15, 0.2) is 0 Å². The van der Waals surface area contributed by atoms with Crippen molar-refractivity contribution in [3.8, 4) is 0 Å². The average Bonchev–Trinajstić information content (AvgIpc) is 2.43. The van der Waals surface area contributed by atoms with Crippen molar-refractivity contribution >= 4 is 23.2 Å². The lowest BCUT2D eigenvalue weighted by Crippen LogP contribution is -2.24. The van der Waals surface area contributed by atoms with E-state index in [1.807, 2.05) is 18.2 Å². The lowest BCUT2D eigenvalue weighted by molar-refractivity contribution is 0.535. The van der Waals surface area contributed by atoms with Crippen LogP contribution < -0.4 is 5.32 Å². The van der Waals surface area contributed by atoms with Crippen molar-refractivity contribution in [2.75, 3.05) is 6.54 Å². The number of rotatable bonds is 5. The maximum absolute atomic E-state index is 6.21. The molecule has 1 N–H and O–H groups in total. The van der Waals surface area contributed by atoms with Gasteiger partial charge < -0.3 is 5.32 Å². The smallest absolute Gasteiger partial charge is 0.115 e. The molecule has 0 fully saturated rings. The summed E-state index contributed by atoms with van der Waals surface area (Å²) in [4.78, 5) is 8.24. The summed E-state index contributed by atoms with van der Waals surface area (Å²) in [6.07, 6.45) is 4.04. The number of nitrogens with one attached hydrogen (secondary N) is 1. The summed E-state index contributed by atoms with van der Waals surface area (Å²) < 4.78 is 0. The van der Waals surface area contributed by atoms with E-state index in [2.05, 4.69) is 22.2 Å². The van der Waals surface area contributed by atoms with Gasteiger partial charge in [-0.1, -0.05) is 30.1 Å². The van der Waals surface area contributed by atoms with E-state index in [4.69, 9.17) is 23.2 Å². The zero-order valence-corrected chi connectivity index (χ0v) is 12.1. The zero-order chi connectivity index (χ0) is 13.7. The average molecular weight is 296 g/mol. The number of benzene rings is 1. The van der Waals surface area contributed by atoms with E-state index in [-0.39, 0.29) is 6.04 Å². The van der Waals surface area contributed by atoms with Gasteiger partial charge in [0, 0.05) is 16.2 Å². The number of halogens is 2. The van der Waals surface area contributed by atoms with Crippen LogP contribution in [0.25, 0.3) is 0 Å². The molecule has 19 heavy (non-hydrogen) atoms. The Morgan fingerprint density at radius 1 is 1.26 bits per heavy atom. The lowest BCUT2D eigenvalue weighted by Gasteiger charge is -2.18. The fourth-order valence-electron chi connectivity index (χ4n) is 1.95. The SMILES string of the molecule is CCNC(Cc1cc(Cl)ccc1Cl)c1ccncn1. The Kier molecular flexibility index (Phi) is 5.14. The number of aromatic nitrogens is 2. The standard InChI is InChI=1S/C14H15Cl2N3/c1-2-18-14(13-5-6-17-9-19-13)8-10-7-11(15)3-4-12(10)16/h3-7,9,14,18H,2,8H2,1H3. The van der Waals surface area contributed by atoms with Crippen molar-refractivity contribution in [1.82, 2.24) is 15.3 Å². The molecule has 1 aromatic heterocycles. The minimum Gasteiger partial charge on any atom is -0.309 e. The molecule has 3 nitrogen and oxygen atoms in total. The molecule has 2 aromatic rings. The van der Waals surface area contributed by atoms with Crippen molar-refractivity contribution in [2.24, 2.45) is 0 Å². The highest BCUT2D eigenvalue weighted by molar-refractivity contribution is 6.33. The first-order chi connectivity index (χ1) is 9.20. The predicted molar refractivity (Wildman–Crippen MR) is 78.6 cm³/mol. The molecule has 0 saturated heterocycles. The monoisotopic (exact) mass is 295 g/mol. The van der Waals surface area contributed by atoms with Crippen LogP contribution >= 0.6 is 23.2 Å². The summed E-state index contributed by atoms with van der Waals surface area (Å²) in [7, 11) is 0. The Morgan fingerprint density at radius 3 is 2.79 bits per heavy atom. The van der Waals surface area contributed by atoms with E-state index in [9.17, 15) is 0 Å². The van der Waals surface area contributed by atoms with Crippen LogP contribution in [0.3, 0.4) is 0 Å². The number of likely N-dealkylation sites (N-methyl/N-ethyl adjacent to an activating group) is 1. The molecule has 0 radical (unpaired) electrons. The van der Waals surface area contributed by atoms with Crippen molar-refractivity contribution in [3.63, 3.8) is 0 Å². The van der Waals surface area contributed by atoms with Crippen LogP contribution in [0.2, 0.25) is 10.0 Å². The van der Waals surface area contributed by atoms with Crippen molar-refractivity contribution < 1.29 is 0 Å². The fraction of sp³-hybridized carbons (Fsp3) is 0.286. The third kappa shape index (κ3) is 3.90. The Bertz CT molecular complexity index is 531. The quantitative estimate of drug-likeness (QED) is 0.914. The summed E-state index contributed by atoms with van der Waals surface area (Å²) in [6.45, 7) is 2.92. The molecule has 0 spiro atoms. The van der Waals surface area contributed by atoms with E-state index in [1.165, 1.54) is 0 Å². The molecule has 0 aliphatic heterocycles. The van der Waals surface area contributed by atoms with E-state index in [0.717, 1.165) is 29.2 Å². The third-order valence-electron chi connectivity index (χ3n) is 2.84. The second kappa shape index (κ2) is 6.85. The Morgan fingerprint density at radius 2 is 2.11 bits per heavy atom. The summed E-state index contributed by atoms with van der Waals surface area (Å²) in [6, 6.07) is 7.52. The van der Waals surface area contributed by atoms with Crippen molar-refractivity contribution in [1.29, 1.82) is 0 Å². The van der Waals surface area contributed by atoms with E-state index < -0.39 is 0 Å². The Balaban J connectivity index is 2.24. The molecule has 1 heterocycles. The summed E-state index contributed by atoms with van der Waals surface area (Å²) in [5, 5.41) is 4.82. The van der Waals surface area contributed by atoms with Gasteiger partial charge in [0.25, 0.3) is 0 Å². The molecule has 1 aromatic carbocycles. The van der Waals surface area contributed by atoms with Gasteiger partial charge in [-0.3, -0.25) is 0 Å². The summed E-state index contributed by atoms with van der Waals surface area (Å²) >= 11 is 12.2. The van der Waals surface area contributed by atoms with Crippen LogP contribution in [0.4, 0.5) is 0 Å². The second-order valence-electron chi connectivity index (χ2n) is 4.18. The van der Waals surface area contributed by atoms with Crippen LogP contribution in [0.15, 0.2) is 36.8 Å². The molecule has 0 aliphatic rings. The minimum atomic E-state index is 0.101. The minimum absolute atomic E-state index is 0.101. The first-order valence-electron chi connectivity index (χ1n) is 6.14. The molecule has 0 bridgehead atoms. The highest BCUT2D eigenvalue weighted by Crippen LogP contribution is 2.25. The van der Waals surface area contributed by atoms with Gasteiger partial charge in [-0.15, -0.1) is 0 Å². The predicted octanol–water partition coefficient (Wildman–Crippen LogP) is 3.68. The number of nitrogens with zero attached hydrogens (tertiary/aromatic N) is 2. The van der Waals surface area contributed by atoms with E-state index in [1.54, 1.807) is 18.6 Å². The lowest BCUT2D eigenvalue weighted by atomic mass is 10.0. The van der Waals surface area contributed by atoms with Crippen LogP contribution in [-0.2, 0) is 6.42 Å². The largest absolute Gasteiger partial charge is 0.309 e. The second-order valence-corrected chi connectivity index (χ2v) is 5.03. The molecule has 100 valence electrons. The number of hydrogen-bond acceptors (Lipinski definition) is 3. The highest BCUT2D eigenvalue weighted by Gasteiger charge is 2.14. The summed E-state index contributed by atoms with van der Waals surface area (Å²) in [5.74, 6) is 0. The molecular weight excluding hydrogens is 281 g/mol. The van der Waals surface area contributed by atoms with Gasteiger partial charge in [-0.05, 0) is 42.8 Å². The van der Waals surface area contributed by atoms with Crippen LogP contribution in [0.5, 0.6) is 0 Å². The zero-order valence-electron chi connectivity index (χ0n) is 10.6. The van der Waals surface area contributed by atoms with Gasteiger partial charge in [-0.25, -0.2) is 9.97 Å². The highest BCUT2D eigenvalue weighted by atomic mass is 35.5. The Hall–Kier alpha value is -1.16. The van der Waals surface area contributed by atoms with Crippen LogP contribution in [0, 0.1) is 0 Å². The molecule has 0 aliphatic carbocycles. The summed E-state index contributed by atoms with van der Waals surface area (Å²) in [5.41, 5.74) is 1.96. The molecule has 1 atom stereocenters. The topological polar surface area (TPSA) is 37.8 Å². The van der Waals surface area contributed by atoms with Crippen LogP contribution in [-0.4, -0.2) is 16.5 Å². The van der Waals surface area contributed by atoms with Gasteiger partial charge in [0.1, 0.15) is 6.33 Å². The fourth-order valence-corrected chi connectivity index (χ4v) is 2.34. The molecule has 5 heteroatoms. The van der Waals surface area contributed by atoms with Gasteiger partial charge in [0.05, 0.1) is 11.7 Å². The van der Waals surface area contributed by atoms with Gasteiger partial charge in [-0.2, -0.15) is 0 Å². The number of hydrogen-bond donors (Lipinski definition) is 1. The molecule has 0 amide bonds. The van der Waals surface area contributed by atoms with Crippen LogP contribution in [0.1, 0.15) is 24.2 Å². The van der Waals surface area contributed by atoms with Crippen molar-refractivity contribution in [3.05, 3.63) is 58.1 Å². The molecular formula is C14H15Cl2N3. The van der Waals surface area contributed by atoms with E-state index in [0.29, 0.717) is 5.02 Å². The normalized spacial score (nSPS) is 12.4. The maximum Gasteiger partial charge on any atom is 0.115 e. The van der Waals surface area contributed by atoms with Crippen molar-refractivity contribution in [2.45, 2.75) is 19.4 Å². The van der Waals surface area contributed by atoms with E-state index >= 15 is 0 Å². The first-order valence-corrected chi connectivity index (χ1v) is 6.89. The first kappa shape index (κ1) is 14.3. The molecule has 0 saturated carbocycles. The Labute approximate surface area is 123 Å². The van der Waals surface area contributed by atoms with Gasteiger partial charge >= 0.3 is 0 Å². The molecule has 1 unspecified atom stereocenters. The third-order valence-corrected chi connectivity index (χ3v) is 3.45. The maximum atomic E-state index is 6.21. The van der Waals surface area contributed by atoms with Gasteiger partial charge in [0.2, 0.25) is 0 Å². The molecule has 2 rings (SSSR count).